The maximum Gasteiger partial charge on any atom is 0.241 e. The van der Waals surface area contributed by atoms with Gasteiger partial charge in [0.1, 0.15) is 5.82 Å². The lowest BCUT2D eigenvalue weighted by atomic mass is 10.1. The van der Waals surface area contributed by atoms with Gasteiger partial charge in [0, 0.05) is 31.7 Å². The van der Waals surface area contributed by atoms with Gasteiger partial charge in [0.15, 0.2) is 0 Å². The molecule has 0 unspecified atom stereocenters. The number of anilines is 1. The number of rotatable bonds is 10. The summed E-state index contributed by atoms with van der Waals surface area (Å²) in [5.41, 5.74) is 8.19. The Morgan fingerprint density at radius 3 is 2.24 bits per heavy atom. The predicted octanol–water partition coefficient (Wildman–Crippen LogP) is 3.61. The molecule has 0 aliphatic heterocycles. The average molecular weight is 445 g/mol. The van der Waals surface area contributed by atoms with Crippen LogP contribution < -0.4 is 10.6 Å². The van der Waals surface area contributed by atoms with Crippen LogP contribution in [0.4, 0.5) is 10.1 Å². The molecule has 3 aromatic carbocycles. The minimum atomic E-state index is -0.488. The Morgan fingerprint density at radius 1 is 0.909 bits per heavy atom. The van der Waals surface area contributed by atoms with Crippen molar-refractivity contribution >= 4 is 17.5 Å². The average Bonchev–Trinajstić information content (AvgIpc) is 2.80. The zero-order valence-corrected chi connectivity index (χ0v) is 18.2. The number of amides is 2. The van der Waals surface area contributed by atoms with E-state index in [0.717, 1.165) is 11.1 Å². The summed E-state index contributed by atoms with van der Waals surface area (Å²) in [5, 5.41) is 9.03. The Bertz CT molecular complexity index is 1130. The standard InChI is InChI=1S/C26H25FN4O2/c27-23-6-4-5-22(15-23)18-30(17-21-11-9-20(16-28)10-12-21)19-26(33)31(14-13-25(29)32)24-7-2-1-3-8-24/h1-12,15H,13-14,17-19H2,(H2,29,32). The molecule has 33 heavy (non-hydrogen) atoms. The van der Waals surface area contributed by atoms with Gasteiger partial charge in [-0.3, -0.25) is 14.5 Å². The molecule has 168 valence electrons. The van der Waals surface area contributed by atoms with Crippen LogP contribution in [0.15, 0.2) is 78.9 Å². The molecule has 7 heteroatoms. The monoisotopic (exact) mass is 444 g/mol. The summed E-state index contributed by atoms with van der Waals surface area (Å²) < 4.78 is 13.7. The van der Waals surface area contributed by atoms with Crippen LogP contribution >= 0.6 is 0 Å². The van der Waals surface area contributed by atoms with Gasteiger partial charge >= 0.3 is 0 Å². The second kappa shape index (κ2) is 11.6. The fourth-order valence-electron chi connectivity index (χ4n) is 3.51. The Labute approximate surface area is 192 Å². The normalized spacial score (nSPS) is 10.6. The van der Waals surface area contributed by atoms with E-state index in [1.807, 2.05) is 35.2 Å². The fourth-order valence-corrected chi connectivity index (χ4v) is 3.51. The third kappa shape index (κ3) is 7.27. The Balaban J connectivity index is 1.83. The van der Waals surface area contributed by atoms with Gasteiger partial charge in [-0.2, -0.15) is 5.26 Å². The van der Waals surface area contributed by atoms with E-state index in [4.69, 9.17) is 11.0 Å². The molecule has 0 saturated carbocycles. The Kier molecular flexibility index (Phi) is 8.28. The van der Waals surface area contributed by atoms with Gasteiger partial charge in [-0.15, -0.1) is 0 Å². The quantitative estimate of drug-likeness (QED) is 0.517. The summed E-state index contributed by atoms with van der Waals surface area (Å²) in [4.78, 5) is 28.1. The van der Waals surface area contributed by atoms with Crippen molar-refractivity contribution in [3.63, 3.8) is 0 Å². The van der Waals surface area contributed by atoms with Crippen LogP contribution in [0, 0.1) is 17.1 Å². The van der Waals surface area contributed by atoms with Gasteiger partial charge in [0.05, 0.1) is 18.2 Å². The highest BCUT2D eigenvalue weighted by Gasteiger charge is 2.20. The molecule has 0 aliphatic carbocycles. The van der Waals surface area contributed by atoms with Gasteiger partial charge in [-0.05, 0) is 47.5 Å². The molecule has 0 fully saturated rings. The van der Waals surface area contributed by atoms with Crippen LogP contribution in [-0.4, -0.2) is 29.8 Å². The van der Waals surface area contributed by atoms with E-state index in [2.05, 4.69) is 6.07 Å². The van der Waals surface area contributed by atoms with Crippen LogP contribution in [-0.2, 0) is 22.7 Å². The van der Waals surface area contributed by atoms with Crippen molar-refractivity contribution in [3.8, 4) is 6.07 Å². The SMILES string of the molecule is N#Cc1ccc(CN(CC(=O)N(CCC(N)=O)c2ccccc2)Cc2cccc(F)c2)cc1. The third-order valence-electron chi connectivity index (χ3n) is 5.09. The number of hydrogen-bond acceptors (Lipinski definition) is 4. The molecule has 0 radical (unpaired) electrons. The van der Waals surface area contributed by atoms with E-state index in [-0.39, 0.29) is 31.2 Å². The molecule has 0 heterocycles. The second-order valence-corrected chi connectivity index (χ2v) is 7.68. The summed E-state index contributed by atoms with van der Waals surface area (Å²) in [6.07, 6.45) is 0.0418. The number of nitrogens with zero attached hydrogens (tertiary/aromatic N) is 3. The zero-order chi connectivity index (χ0) is 23.6. The maximum absolute atomic E-state index is 13.7. The number of carbonyl (C=O) groups excluding carboxylic acids is 2. The molecule has 6 nitrogen and oxygen atoms in total. The number of nitrogens with two attached hydrogens (primary N) is 1. The van der Waals surface area contributed by atoms with Crippen molar-refractivity contribution in [2.75, 3.05) is 18.0 Å². The molecule has 0 atom stereocenters. The highest BCUT2D eigenvalue weighted by molar-refractivity contribution is 5.95. The van der Waals surface area contributed by atoms with Crippen molar-refractivity contribution < 1.29 is 14.0 Å². The summed E-state index contributed by atoms with van der Waals surface area (Å²) in [7, 11) is 0. The van der Waals surface area contributed by atoms with Gasteiger partial charge in [-0.25, -0.2) is 4.39 Å². The molecule has 0 spiro atoms. The van der Waals surface area contributed by atoms with E-state index in [1.54, 1.807) is 41.3 Å². The summed E-state index contributed by atoms with van der Waals surface area (Å²) >= 11 is 0. The number of primary amides is 1. The smallest absolute Gasteiger partial charge is 0.241 e. The van der Waals surface area contributed by atoms with E-state index in [9.17, 15) is 14.0 Å². The lowest BCUT2D eigenvalue weighted by Gasteiger charge is -2.28. The second-order valence-electron chi connectivity index (χ2n) is 7.68. The van der Waals surface area contributed by atoms with Crippen molar-refractivity contribution in [1.29, 1.82) is 5.26 Å². The molecule has 2 N–H and O–H groups in total. The molecule has 3 aromatic rings. The number of para-hydroxylation sites is 1. The lowest BCUT2D eigenvalue weighted by molar-refractivity contribution is -0.120. The van der Waals surface area contributed by atoms with E-state index in [1.165, 1.54) is 12.1 Å². The van der Waals surface area contributed by atoms with Crippen molar-refractivity contribution in [2.24, 2.45) is 5.73 Å². The third-order valence-corrected chi connectivity index (χ3v) is 5.09. The maximum atomic E-state index is 13.7. The number of carbonyl (C=O) groups is 2. The first-order chi connectivity index (χ1) is 15.9. The van der Waals surface area contributed by atoms with Crippen molar-refractivity contribution in [3.05, 3.63) is 101 Å². The number of nitriles is 1. The number of benzene rings is 3. The first-order valence-corrected chi connectivity index (χ1v) is 10.5. The summed E-state index contributed by atoms with van der Waals surface area (Å²) in [6, 6.07) is 24.6. The molecule has 0 saturated heterocycles. The van der Waals surface area contributed by atoms with Gasteiger partial charge in [0.2, 0.25) is 11.8 Å². The molecule has 0 aliphatic rings. The zero-order valence-electron chi connectivity index (χ0n) is 18.2. The molecule has 2 amide bonds. The molecular formula is C26H25FN4O2. The van der Waals surface area contributed by atoms with Gasteiger partial charge in [0.25, 0.3) is 0 Å². The highest BCUT2D eigenvalue weighted by Crippen LogP contribution is 2.17. The highest BCUT2D eigenvalue weighted by atomic mass is 19.1. The lowest BCUT2D eigenvalue weighted by Crippen LogP contribution is -2.41. The number of hydrogen-bond donors (Lipinski definition) is 1. The first-order valence-electron chi connectivity index (χ1n) is 10.5. The van der Waals surface area contributed by atoms with Gasteiger partial charge < -0.3 is 10.6 Å². The van der Waals surface area contributed by atoms with Crippen LogP contribution in [0.25, 0.3) is 0 Å². The van der Waals surface area contributed by atoms with E-state index in [0.29, 0.717) is 24.3 Å². The summed E-state index contributed by atoms with van der Waals surface area (Å²) in [5.74, 6) is -1.03. The van der Waals surface area contributed by atoms with E-state index < -0.39 is 5.91 Å². The molecular weight excluding hydrogens is 419 g/mol. The van der Waals surface area contributed by atoms with Crippen LogP contribution in [0.3, 0.4) is 0 Å². The Morgan fingerprint density at radius 2 is 1.61 bits per heavy atom. The van der Waals surface area contributed by atoms with Gasteiger partial charge in [-0.1, -0.05) is 42.5 Å². The summed E-state index contributed by atoms with van der Waals surface area (Å²) in [6.45, 7) is 0.987. The van der Waals surface area contributed by atoms with Crippen molar-refractivity contribution in [1.82, 2.24) is 4.90 Å². The minimum absolute atomic E-state index is 0.0418. The Hall–Kier alpha value is -4.02. The topological polar surface area (TPSA) is 90.4 Å². The van der Waals surface area contributed by atoms with Crippen molar-refractivity contribution in [2.45, 2.75) is 19.5 Å². The largest absolute Gasteiger partial charge is 0.370 e. The van der Waals surface area contributed by atoms with Crippen LogP contribution in [0.5, 0.6) is 0 Å². The number of halogens is 1. The molecule has 0 aromatic heterocycles. The molecule has 3 rings (SSSR count). The predicted molar refractivity (Wildman–Crippen MR) is 124 cm³/mol. The van der Waals surface area contributed by atoms with Crippen LogP contribution in [0.2, 0.25) is 0 Å². The fraction of sp³-hybridized carbons (Fsp3) is 0.192. The molecule has 0 bridgehead atoms. The van der Waals surface area contributed by atoms with Crippen LogP contribution in [0.1, 0.15) is 23.1 Å². The van der Waals surface area contributed by atoms with E-state index >= 15 is 0 Å². The first kappa shape index (κ1) is 23.6. The minimum Gasteiger partial charge on any atom is -0.370 e.